The Morgan fingerprint density at radius 1 is 0.423 bits per heavy atom. The van der Waals surface area contributed by atoms with Crippen molar-refractivity contribution in [1.29, 1.82) is 0 Å². The second kappa shape index (κ2) is 6.61. The number of halogens is 13. The number of alkyl halides is 13. The molecule has 1 fully saturated rings. The van der Waals surface area contributed by atoms with Crippen LogP contribution in [-0.4, -0.2) is 35.8 Å². The highest BCUT2D eigenvalue weighted by Crippen LogP contribution is 2.62. The van der Waals surface area contributed by atoms with Crippen LogP contribution in [0.15, 0.2) is 0 Å². The van der Waals surface area contributed by atoms with Gasteiger partial charge >= 0.3 is 35.8 Å². The zero-order chi connectivity index (χ0) is 20.8. The summed E-state index contributed by atoms with van der Waals surface area (Å²) in [6, 6.07) is 0. The monoisotopic (exact) mass is 416 g/mol. The lowest BCUT2D eigenvalue weighted by Crippen LogP contribution is -2.71. The van der Waals surface area contributed by atoms with Crippen molar-refractivity contribution in [2.45, 2.75) is 74.3 Å². The third kappa shape index (κ3) is 3.23. The summed E-state index contributed by atoms with van der Waals surface area (Å²) in [6.45, 7) is 0. The molecule has 1 rings (SSSR count). The fraction of sp³-hybridized carbons (Fsp3) is 1.00. The summed E-state index contributed by atoms with van der Waals surface area (Å²) in [6.07, 6.45) is -8.71. The molecule has 26 heavy (non-hydrogen) atoms. The minimum Gasteiger partial charge on any atom is -0.199 e. The molecular formula is C13H13F13. The second-order valence-corrected chi connectivity index (χ2v) is 6.11. The average Bonchev–Trinajstić information content (AvgIpc) is 2.74. The van der Waals surface area contributed by atoms with E-state index < -0.39 is 54.5 Å². The van der Waals surface area contributed by atoms with Crippen molar-refractivity contribution in [2.24, 2.45) is 5.92 Å². The van der Waals surface area contributed by atoms with Gasteiger partial charge in [0.2, 0.25) is 0 Å². The molecule has 0 aromatic heterocycles. The summed E-state index contributed by atoms with van der Waals surface area (Å²) in [5, 5.41) is 0. The summed E-state index contributed by atoms with van der Waals surface area (Å²) in [4.78, 5) is 0. The molecular weight excluding hydrogens is 403 g/mol. The van der Waals surface area contributed by atoms with E-state index >= 15 is 0 Å². The lowest BCUT2D eigenvalue weighted by molar-refractivity contribution is -0.443. The standard InChI is InChI=1S/C13H13F13/c14-8(15,7-5-3-1-2-4-6-7)9(16,17)10(18,19)11(20,21)12(22,23)13(24,25)26/h7H,1-6H2. The Labute approximate surface area is 138 Å². The van der Waals surface area contributed by atoms with Crippen LogP contribution in [0.25, 0.3) is 0 Å². The van der Waals surface area contributed by atoms with E-state index in [0.717, 1.165) is 0 Å². The van der Waals surface area contributed by atoms with Gasteiger partial charge in [0.25, 0.3) is 0 Å². The molecule has 0 bridgehead atoms. The molecule has 1 saturated carbocycles. The largest absolute Gasteiger partial charge is 0.460 e. The zero-order valence-electron chi connectivity index (χ0n) is 12.7. The zero-order valence-corrected chi connectivity index (χ0v) is 12.7. The molecule has 0 heterocycles. The Kier molecular flexibility index (Phi) is 5.88. The first-order valence-electron chi connectivity index (χ1n) is 7.31. The Morgan fingerprint density at radius 3 is 1.12 bits per heavy atom. The third-order valence-corrected chi connectivity index (χ3v) is 4.33. The lowest BCUT2D eigenvalue weighted by Gasteiger charge is -2.41. The van der Waals surface area contributed by atoms with Crippen molar-refractivity contribution in [2.75, 3.05) is 0 Å². The fourth-order valence-corrected chi connectivity index (χ4v) is 2.68. The van der Waals surface area contributed by atoms with Crippen LogP contribution in [0.5, 0.6) is 0 Å². The van der Waals surface area contributed by atoms with Gasteiger partial charge in [0.05, 0.1) is 0 Å². The van der Waals surface area contributed by atoms with Gasteiger partial charge in [0.1, 0.15) is 0 Å². The smallest absolute Gasteiger partial charge is 0.199 e. The van der Waals surface area contributed by atoms with E-state index in [2.05, 4.69) is 0 Å². The van der Waals surface area contributed by atoms with Crippen LogP contribution in [0.3, 0.4) is 0 Å². The first-order chi connectivity index (χ1) is 11.4. The van der Waals surface area contributed by atoms with Crippen LogP contribution in [0.4, 0.5) is 57.1 Å². The molecule has 0 aromatic carbocycles. The second-order valence-electron chi connectivity index (χ2n) is 6.11. The van der Waals surface area contributed by atoms with Crippen LogP contribution in [0, 0.1) is 5.92 Å². The molecule has 0 aliphatic heterocycles. The first-order valence-corrected chi connectivity index (χ1v) is 7.31. The SMILES string of the molecule is FC(F)(F)C(F)(F)C(F)(F)C(F)(F)C(F)(F)C(F)(F)C1CCCCCC1. The van der Waals surface area contributed by atoms with Gasteiger partial charge in [0.15, 0.2) is 0 Å². The van der Waals surface area contributed by atoms with E-state index in [1.54, 1.807) is 0 Å². The predicted molar refractivity (Wildman–Crippen MR) is 62.0 cm³/mol. The van der Waals surface area contributed by atoms with Gasteiger partial charge in [-0.05, 0) is 12.8 Å². The van der Waals surface area contributed by atoms with Crippen molar-refractivity contribution in [3.8, 4) is 0 Å². The molecule has 13 heteroatoms. The maximum absolute atomic E-state index is 13.9. The van der Waals surface area contributed by atoms with E-state index in [4.69, 9.17) is 0 Å². The summed E-state index contributed by atoms with van der Waals surface area (Å²) in [5.41, 5.74) is 0. The number of rotatable bonds is 5. The molecule has 1 aliphatic rings. The minimum atomic E-state index is -7.81. The summed E-state index contributed by atoms with van der Waals surface area (Å²) in [7, 11) is 0. The Hall–Kier alpha value is -0.910. The van der Waals surface area contributed by atoms with E-state index in [1.807, 2.05) is 0 Å². The molecule has 0 N–H and O–H groups in total. The molecule has 0 unspecified atom stereocenters. The normalized spacial score (nSPS) is 20.2. The van der Waals surface area contributed by atoms with Gasteiger partial charge in [-0.2, -0.15) is 57.1 Å². The van der Waals surface area contributed by atoms with Gasteiger partial charge < -0.3 is 0 Å². The number of hydrogen-bond acceptors (Lipinski definition) is 0. The van der Waals surface area contributed by atoms with E-state index in [0.29, 0.717) is 0 Å². The highest BCUT2D eigenvalue weighted by atomic mass is 19.4. The molecule has 0 saturated heterocycles. The maximum Gasteiger partial charge on any atom is 0.460 e. The predicted octanol–water partition coefficient (Wildman–Crippen LogP) is 6.70. The van der Waals surface area contributed by atoms with Gasteiger partial charge in [-0.3, -0.25) is 0 Å². The van der Waals surface area contributed by atoms with E-state index in [1.165, 1.54) is 0 Å². The van der Waals surface area contributed by atoms with Crippen molar-refractivity contribution in [1.82, 2.24) is 0 Å². The minimum absolute atomic E-state index is 0.142. The van der Waals surface area contributed by atoms with Crippen molar-refractivity contribution in [3.63, 3.8) is 0 Å². The Balaban J connectivity index is 3.38. The van der Waals surface area contributed by atoms with Crippen molar-refractivity contribution < 1.29 is 57.1 Å². The molecule has 0 atom stereocenters. The molecule has 0 radical (unpaired) electrons. The summed E-state index contributed by atoms with van der Waals surface area (Å²) in [5.74, 6) is -38.8. The molecule has 0 nitrogen and oxygen atoms in total. The maximum atomic E-state index is 13.9. The first kappa shape index (κ1) is 23.1. The highest BCUT2D eigenvalue weighted by molar-refractivity contribution is 5.11. The van der Waals surface area contributed by atoms with E-state index in [9.17, 15) is 57.1 Å². The van der Waals surface area contributed by atoms with Gasteiger partial charge in [-0.1, -0.05) is 25.7 Å². The van der Waals surface area contributed by atoms with Crippen LogP contribution in [-0.2, 0) is 0 Å². The van der Waals surface area contributed by atoms with Gasteiger partial charge in [-0.15, -0.1) is 0 Å². The van der Waals surface area contributed by atoms with Crippen molar-refractivity contribution in [3.05, 3.63) is 0 Å². The van der Waals surface area contributed by atoms with Crippen LogP contribution >= 0.6 is 0 Å². The van der Waals surface area contributed by atoms with Gasteiger partial charge in [-0.25, -0.2) is 0 Å². The van der Waals surface area contributed by atoms with Gasteiger partial charge in [0, 0.05) is 5.92 Å². The Morgan fingerprint density at radius 2 is 0.769 bits per heavy atom. The van der Waals surface area contributed by atoms with Crippen LogP contribution in [0.1, 0.15) is 38.5 Å². The fourth-order valence-electron chi connectivity index (χ4n) is 2.68. The molecule has 156 valence electrons. The molecule has 0 amide bonds. The Bertz CT molecular complexity index is 483. The quantitative estimate of drug-likeness (QED) is 0.346. The van der Waals surface area contributed by atoms with Crippen LogP contribution in [0.2, 0.25) is 0 Å². The topological polar surface area (TPSA) is 0 Å². The summed E-state index contributed by atoms with van der Waals surface area (Å²) >= 11 is 0. The molecule has 1 aliphatic carbocycles. The van der Waals surface area contributed by atoms with Crippen LogP contribution < -0.4 is 0 Å². The van der Waals surface area contributed by atoms with Crippen molar-refractivity contribution >= 4 is 0 Å². The summed E-state index contributed by atoms with van der Waals surface area (Å²) < 4.78 is 169. The lowest BCUT2D eigenvalue weighted by atomic mass is 9.84. The molecule has 0 spiro atoms. The molecule has 0 aromatic rings. The average molecular weight is 416 g/mol. The third-order valence-electron chi connectivity index (χ3n) is 4.33. The van der Waals surface area contributed by atoms with E-state index in [-0.39, 0.29) is 25.7 Å². The highest BCUT2D eigenvalue weighted by Gasteiger charge is 2.91. The number of hydrogen-bond donors (Lipinski definition) is 0.